The van der Waals surface area contributed by atoms with Crippen molar-refractivity contribution < 1.29 is 4.92 Å². The van der Waals surface area contributed by atoms with Gasteiger partial charge in [0.2, 0.25) is 0 Å². The SMILES string of the molecule is Cc1cccc(N)c1Cl.Cc1cccc([N+](=O)[O-])c1Cl. The van der Waals surface area contributed by atoms with E-state index in [1.54, 1.807) is 25.1 Å². The minimum absolute atomic E-state index is 0.0355. The van der Waals surface area contributed by atoms with Crippen LogP contribution in [0.3, 0.4) is 0 Å². The Morgan fingerprint density at radius 3 is 1.90 bits per heavy atom. The van der Waals surface area contributed by atoms with Crippen LogP contribution >= 0.6 is 23.2 Å². The lowest BCUT2D eigenvalue weighted by molar-refractivity contribution is -0.384. The summed E-state index contributed by atoms with van der Waals surface area (Å²) in [5.41, 5.74) is 7.85. The number of hydrogen-bond acceptors (Lipinski definition) is 3. The monoisotopic (exact) mass is 312 g/mol. The van der Waals surface area contributed by atoms with Crippen LogP contribution in [0.4, 0.5) is 11.4 Å². The van der Waals surface area contributed by atoms with E-state index in [1.807, 2.05) is 19.1 Å². The van der Waals surface area contributed by atoms with Crippen molar-refractivity contribution in [1.82, 2.24) is 0 Å². The predicted octanol–water partition coefficient (Wildman–Crippen LogP) is 4.79. The highest BCUT2D eigenvalue weighted by atomic mass is 35.5. The average molecular weight is 313 g/mol. The number of nitrogens with zero attached hydrogens (tertiary/aromatic N) is 1. The Bertz CT molecular complexity index is 610. The van der Waals surface area contributed by atoms with Crippen LogP contribution < -0.4 is 5.73 Å². The van der Waals surface area contributed by atoms with Gasteiger partial charge < -0.3 is 5.73 Å². The first-order valence-electron chi connectivity index (χ1n) is 5.74. The fraction of sp³-hybridized carbons (Fsp3) is 0.143. The number of nitrogens with two attached hydrogens (primary N) is 1. The van der Waals surface area contributed by atoms with E-state index >= 15 is 0 Å². The van der Waals surface area contributed by atoms with E-state index in [0.717, 1.165) is 11.1 Å². The summed E-state index contributed by atoms with van der Waals surface area (Å²) in [4.78, 5) is 9.80. The molecule has 0 aliphatic carbocycles. The summed E-state index contributed by atoms with van der Waals surface area (Å²) >= 11 is 11.4. The van der Waals surface area contributed by atoms with E-state index in [1.165, 1.54) is 6.07 Å². The number of nitro groups is 1. The highest BCUT2D eigenvalue weighted by Gasteiger charge is 2.11. The molecule has 0 saturated heterocycles. The van der Waals surface area contributed by atoms with Gasteiger partial charge in [0.1, 0.15) is 5.02 Å². The summed E-state index contributed by atoms with van der Waals surface area (Å²) < 4.78 is 0. The minimum atomic E-state index is -0.491. The number of rotatable bonds is 1. The highest BCUT2D eigenvalue weighted by Crippen LogP contribution is 2.26. The molecular weight excluding hydrogens is 299 g/mol. The molecule has 106 valence electrons. The number of benzene rings is 2. The molecule has 0 heterocycles. The highest BCUT2D eigenvalue weighted by molar-refractivity contribution is 6.34. The molecule has 0 radical (unpaired) electrons. The van der Waals surface area contributed by atoms with E-state index < -0.39 is 4.92 Å². The first-order chi connectivity index (χ1) is 9.34. The summed E-state index contributed by atoms with van der Waals surface area (Å²) in [6.45, 7) is 3.66. The first-order valence-corrected chi connectivity index (χ1v) is 6.50. The third-order valence-corrected chi connectivity index (χ3v) is 3.60. The van der Waals surface area contributed by atoms with E-state index in [-0.39, 0.29) is 10.7 Å². The Balaban J connectivity index is 0.000000204. The zero-order valence-corrected chi connectivity index (χ0v) is 12.6. The minimum Gasteiger partial charge on any atom is -0.398 e. The lowest BCUT2D eigenvalue weighted by Gasteiger charge is -1.98. The first kappa shape index (κ1) is 16.3. The molecule has 6 heteroatoms. The van der Waals surface area contributed by atoms with Crippen LogP contribution in [0.25, 0.3) is 0 Å². The molecule has 0 spiro atoms. The number of nitrogen functional groups attached to an aromatic ring is 1. The van der Waals surface area contributed by atoms with Crippen molar-refractivity contribution in [2.24, 2.45) is 0 Å². The average Bonchev–Trinajstić information content (AvgIpc) is 2.39. The van der Waals surface area contributed by atoms with E-state index in [2.05, 4.69) is 0 Å². The van der Waals surface area contributed by atoms with Crippen molar-refractivity contribution >= 4 is 34.6 Å². The lowest BCUT2D eigenvalue weighted by Crippen LogP contribution is -1.89. The summed E-state index contributed by atoms with van der Waals surface area (Å²) in [5.74, 6) is 0. The van der Waals surface area contributed by atoms with Crippen LogP contribution in [-0.4, -0.2) is 4.92 Å². The lowest BCUT2D eigenvalue weighted by atomic mass is 10.2. The number of nitro benzene ring substituents is 1. The fourth-order valence-corrected chi connectivity index (χ4v) is 1.76. The van der Waals surface area contributed by atoms with Gasteiger partial charge in [0, 0.05) is 6.07 Å². The quantitative estimate of drug-likeness (QED) is 0.467. The van der Waals surface area contributed by atoms with Crippen LogP contribution in [0.2, 0.25) is 10.0 Å². The van der Waals surface area contributed by atoms with Gasteiger partial charge in [-0.15, -0.1) is 0 Å². The van der Waals surface area contributed by atoms with Gasteiger partial charge >= 0.3 is 0 Å². The van der Waals surface area contributed by atoms with Crippen LogP contribution in [0.1, 0.15) is 11.1 Å². The summed E-state index contributed by atoms with van der Waals surface area (Å²) in [6, 6.07) is 10.3. The van der Waals surface area contributed by atoms with Gasteiger partial charge in [-0.25, -0.2) is 0 Å². The second-order valence-corrected chi connectivity index (χ2v) is 4.90. The maximum atomic E-state index is 10.3. The number of aryl methyl sites for hydroxylation is 2. The molecule has 0 unspecified atom stereocenters. The second-order valence-electron chi connectivity index (χ2n) is 4.14. The third-order valence-electron chi connectivity index (χ3n) is 2.59. The van der Waals surface area contributed by atoms with Crippen LogP contribution in [0.15, 0.2) is 36.4 Å². The van der Waals surface area contributed by atoms with Gasteiger partial charge in [0.25, 0.3) is 5.69 Å². The van der Waals surface area contributed by atoms with Gasteiger partial charge in [0.15, 0.2) is 0 Å². The van der Waals surface area contributed by atoms with E-state index in [9.17, 15) is 10.1 Å². The molecule has 0 atom stereocenters. The second kappa shape index (κ2) is 7.12. The molecule has 0 aliphatic heterocycles. The van der Waals surface area contributed by atoms with E-state index in [4.69, 9.17) is 28.9 Å². The predicted molar refractivity (Wildman–Crippen MR) is 83.4 cm³/mol. The summed E-state index contributed by atoms with van der Waals surface area (Å²) in [7, 11) is 0. The molecule has 20 heavy (non-hydrogen) atoms. The normalized spacial score (nSPS) is 9.60. The molecule has 0 amide bonds. The topological polar surface area (TPSA) is 69.2 Å². The van der Waals surface area contributed by atoms with Gasteiger partial charge in [-0.3, -0.25) is 10.1 Å². The molecule has 4 nitrogen and oxygen atoms in total. The Morgan fingerprint density at radius 1 is 1.00 bits per heavy atom. The molecular formula is C14H14Cl2N2O2. The maximum Gasteiger partial charge on any atom is 0.288 e. The smallest absolute Gasteiger partial charge is 0.288 e. The van der Waals surface area contributed by atoms with Crippen molar-refractivity contribution in [3.05, 3.63) is 67.7 Å². The van der Waals surface area contributed by atoms with Crippen LogP contribution in [0, 0.1) is 24.0 Å². The Kier molecular flexibility index (Phi) is 5.80. The van der Waals surface area contributed by atoms with Crippen LogP contribution in [-0.2, 0) is 0 Å². The summed E-state index contributed by atoms with van der Waals surface area (Å²) in [5, 5.41) is 11.2. The molecule has 0 fully saturated rings. The van der Waals surface area contributed by atoms with E-state index in [0.29, 0.717) is 10.7 Å². The molecule has 2 aromatic rings. The zero-order valence-electron chi connectivity index (χ0n) is 11.1. The maximum absolute atomic E-state index is 10.3. The van der Waals surface area contributed by atoms with Gasteiger partial charge in [-0.1, -0.05) is 47.5 Å². The molecule has 0 aliphatic rings. The molecule has 0 saturated carbocycles. The van der Waals surface area contributed by atoms with Gasteiger partial charge in [0.05, 0.1) is 15.6 Å². The van der Waals surface area contributed by atoms with Crippen molar-refractivity contribution in [3.8, 4) is 0 Å². The Labute approximate surface area is 127 Å². The van der Waals surface area contributed by atoms with Crippen molar-refractivity contribution in [2.45, 2.75) is 13.8 Å². The molecule has 0 bridgehead atoms. The molecule has 2 N–H and O–H groups in total. The largest absolute Gasteiger partial charge is 0.398 e. The fourth-order valence-electron chi connectivity index (χ4n) is 1.44. The standard InChI is InChI=1S/C7H6ClNO2.C7H8ClN/c1-5-3-2-4-6(7(5)8)9(10)11;1-5-3-2-4-6(9)7(5)8/h2-4H,1H3;2-4H,9H2,1H3. The molecule has 0 aromatic heterocycles. The van der Waals surface area contributed by atoms with Crippen molar-refractivity contribution in [3.63, 3.8) is 0 Å². The number of hydrogen-bond donors (Lipinski definition) is 1. The van der Waals surface area contributed by atoms with Crippen molar-refractivity contribution in [2.75, 3.05) is 5.73 Å². The third kappa shape index (κ3) is 4.11. The van der Waals surface area contributed by atoms with Crippen LogP contribution in [0.5, 0.6) is 0 Å². The zero-order chi connectivity index (χ0) is 15.3. The molecule has 2 aromatic carbocycles. The summed E-state index contributed by atoms with van der Waals surface area (Å²) in [6.07, 6.45) is 0. The number of anilines is 1. The van der Waals surface area contributed by atoms with Crippen molar-refractivity contribution in [1.29, 1.82) is 0 Å². The van der Waals surface area contributed by atoms with Gasteiger partial charge in [-0.2, -0.15) is 0 Å². The Hall–Kier alpha value is -1.78. The molecule has 2 rings (SSSR count). The number of halogens is 2. The van der Waals surface area contributed by atoms with Gasteiger partial charge in [-0.05, 0) is 31.0 Å². The Morgan fingerprint density at radius 2 is 1.50 bits per heavy atom.